The van der Waals surface area contributed by atoms with Crippen molar-refractivity contribution in [2.75, 3.05) is 6.16 Å². The number of hydrogen-bond acceptors (Lipinski definition) is 1. The van der Waals surface area contributed by atoms with Crippen LogP contribution in [0.5, 0.6) is 0 Å². The van der Waals surface area contributed by atoms with Crippen molar-refractivity contribution in [3.8, 4) is 0 Å². The van der Waals surface area contributed by atoms with E-state index in [1.165, 1.54) is 32.1 Å². The van der Waals surface area contributed by atoms with Crippen LogP contribution in [-0.4, -0.2) is 15.9 Å². The van der Waals surface area contributed by atoms with E-state index in [1.807, 2.05) is 0 Å². The van der Waals surface area contributed by atoms with E-state index in [9.17, 15) is 14.4 Å². The van der Waals surface area contributed by atoms with E-state index in [0.29, 0.717) is 22.7 Å². The molecule has 3 saturated carbocycles. The van der Waals surface area contributed by atoms with Crippen molar-refractivity contribution >= 4 is 7.60 Å². The van der Waals surface area contributed by atoms with Gasteiger partial charge in [-0.25, -0.2) is 0 Å². The van der Waals surface area contributed by atoms with Crippen LogP contribution in [0.3, 0.4) is 0 Å². The summed E-state index contributed by atoms with van der Waals surface area (Å²) in [7, 11) is -3.85. The monoisotopic (exact) mass is 300 g/mol. The third-order valence-electron chi connectivity index (χ3n) is 7.09. The molecular weight excluding hydrogens is 271 g/mol. The van der Waals surface area contributed by atoms with Crippen molar-refractivity contribution in [1.82, 2.24) is 0 Å². The van der Waals surface area contributed by atoms with Crippen LogP contribution in [0, 0.1) is 34.5 Å². The minimum absolute atomic E-state index is 0.0869. The van der Waals surface area contributed by atoms with Gasteiger partial charge in [0, 0.05) is 0 Å². The van der Waals surface area contributed by atoms with Gasteiger partial charge < -0.3 is 9.79 Å². The average molecular weight is 300 g/mol. The first-order valence-corrected chi connectivity index (χ1v) is 9.99. The minimum atomic E-state index is -3.85. The van der Waals surface area contributed by atoms with Crippen molar-refractivity contribution in [1.29, 1.82) is 0 Å². The fourth-order valence-corrected chi connectivity index (χ4v) is 7.04. The zero-order chi connectivity index (χ0) is 14.8. The quantitative estimate of drug-likeness (QED) is 0.773. The van der Waals surface area contributed by atoms with E-state index < -0.39 is 7.60 Å². The third-order valence-corrected chi connectivity index (χ3v) is 7.93. The lowest BCUT2D eigenvalue weighted by Gasteiger charge is -2.42. The van der Waals surface area contributed by atoms with Gasteiger partial charge in [-0.1, -0.05) is 27.2 Å². The smallest absolute Gasteiger partial charge is 0.324 e. The SMILES string of the molecule is CC1(C)CCC[C@@]2(C)[C@@H]3CC[C@@H]([C@H]31)[C@@H]2CCP(=O)(O)O. The maximum absolute atomic E-state index is 11.3. The zero-order valence-electron chi connectivity index (χ0n) is 13.0. The molecule has 3 rings (SSSR count). The maximum atomic E-state index is 11.3. The molecule has 0 unspecified atom stereocenters. The van der Waals surface area contributed by atoms with Gasteiger partial charge in [-0.15, -0.1) is 0 Å². The van der Waals surface area contributed by atoms with E-state index in [0.717, 1.165) is 18.3 Å². The molecule has 5 atom stereocenters. The molecule has 0 radical (unpaired) electrons. The van der Waals surface area contributed by atoms with Crippen molar-refractivity contribution in [2.24, 2.45) is 34.5 Å². The van der Waals surface area contributed by atoms with Crippen LogP contribution in [0.15, 0.2) is 0 Å². The second-order valence-corrected chi connectivity index (χ2v) is 10.3. The third kappa shape index (κ3) is 2.21. The van der Waals surface area contributed by atoms with E-state index >= 15 is 0 Å². The predicted octanol–water partition coefficient (Wildman–Crippen LogP) is 4.04. The molecule has 0 aliphatic heterocycles. The summed E-state index contributed by atoms with van der Waals surface area (Å²) >= 11 is 0. The zero-order valence-corrected chi connectivity index (χ0v) is 13.9. The summed E-state index contributed by atoms with van der Waals surface area (Å²) in [6, 6.07) is 0. The molecule has 0 saturated heterocycles. The van der Waals surface area contributed by atoms with E-state index in [2.05, 4.69) is 20.8 Å². The van der Waals surface area contributed by atoms with Crippen LogP contribution in [0.25, 0.3) is 0 Å². The lowest BCUT2D eigenvalue weighted by atomic mass is 9.64. The summed E-state index contributed by atoms with van der Waals surface area (Å²) < 4.78 is 11.3. The van der Waals surface area contributed by atoms with Crippen molar-refractivity contribution in [2.45, 2.75) is 59.3 Å². The van der Waals surface area contributed by atoms with Gasteiger partial charge in [0.1, 0.15) is 0 Å². The Balaban J connectivity index is 1.88. The number of hydrogen-bond donors (Lipinski definition) is 2. The van der Waals surface area contributed by atoms with Gasteiger partial charge in [-0.05, 0) is 66.6 Å². The Morgan fingerprint density at radius 2 is 1.85 bits per heavy atom. The topological polar surface area (TPSA) is 57.5 Å². The van der Waals surface area contributed by atoms with Gasteiger partial charge in [0.25, 0.3) is 0 Å². The van der Waals surface area contributed by atoms with Gasteiger partial charge in [-0.2, -0.15) is 0 Å². The molecule has 0 amide bonds. The summed E-state index contributed by atoms with van der Waals surface area (Å²) in [6.45, 7) is 7.29. The molecule has 4 bridgehead atoms. The highest BCUT2D eigenvalue weighted by Gasteiger charge is 2.64. The number of rotatable bonds is 3. The highest BCUT2D eigenvalue weighted by Crippen LogP contribution is 2.71. The maximum Gasteiger partial charge on any atom is 0.325 e. The molecule has 20 heavy (non-hydrogen) atoms. The van der Waals surface area contributed by atoms with Gasteiger partial charge in [0.2, 0.25) is 0 Å². The molecule has 0 aromatic rings. The fraction of sp³-hybridized carbons (Fsp3) is 1.00. The van der Waals surface area contributed by atoms with Crippen LogP contribution in [0.4, 0.5) is 0 Å². The molecule has 0 aromatic carbocycles. The predicted molar refractivity (Wildman–Crippen MR) is 80.5 cm³/mol. The van der Waals surface area contributed by atoms with E-state index in [4.69, 9.17) is 0 Å². The van der Waals surface area contributed by atoms with Crippen LogP contribution >= 0.6 is 7.60 Å². The molecule has 3 aliphatic rings. The van der Waals surface area contributed by atoms with Gasteiger partial charge >= 0.3 is 7.60 Å². The van der Waals surface area contributed by atoms with Crippen molar-refractivity contribution in [3.05, 3.63) is 0 Å². The first-order valence-electron chi connectivity index (χ1n) is 8.20. The van der Waals surface area contributed by atoms with Crippen molar-refractivity contribution < 1.29 is 14.4 Å². The van der Waals surface area contributed by atoms with Crippen LogP contribution in [0.1, 0.15) is 59.3 Å². The lowest BCUT2D eigenvalue weighted by molar-refractivity contribution is 0.0825. The largest absolute Gasteiger partial charge is 0.325 e. The molecule has 2 N–H and O–H groups in total. The Morgan fingerprint density at radius 3 is 2.50 bits per heavy atom. The molecule has 0 spiro atoms. The highest BCUT2D eigenvalue weighted by molar-refractivity contribution is 7.51. The Hall–Kier alpha value is 0.150. The van der Waals surface area contributed by atoms with Crippen LogP contribution in [0.2, 0.25) is 0 Å². The summed E-state index contributed by atoms with van der Waals surface area (Å²) in [6.07, 6.45) is 7.33. The van der Waals surface area contributed by atoms with Gasteiger partial charge in [-0.3, -0.25) is 4.57 Å². The molecule has 0 aromatic heterocycles. The molecule has 116 valence electrons. The molecule has 3 aliphatic carbocycles. The standard InChI is InChI=1S/C16H29O3P/c1-15(2)8-4-9-16(3)12(7-10-20(17,18)19)11-5-6-13(16)14(11)15/h11-14H,4-10H2,1-3H3,(H2,17,18,19)/t11-,12+,13-,14-,16-/m1/s1. The minimum Gasteiger partial charge on any atom is -0.324 e. The average Bonchev–Trinajstić information content (AvgIpc) is 2.77. The van der Waals surface area contributed by atoms with Crippen molar-refractivity contribution in [3.63, 3.8) is 0 Å². The Morgan fingerprint density at radius 1 is 1.15 bits per heavy atom. The second kappa shape index (κ2) is 4.57. The van der Waals surface area contributed by atoms with Crippen LogP contribution in [-0.2, 0) is 4.57 Å². The Bertz CT molecular complexity index is 441. The summed E-state index contributed by atoms with van der Waals surface area (Å²) in [5.41, 5.74) is 0.761. The fourth-order valence-electron chi connectivity index (χ4n) is 6.42. The molecule has 4 heteroatoms. The summed E-state index contributed by atoms with van der Waals surface area (Å²) in [4.78, 5) is 18.5. The molecular formula is C16H29O3P. The second-order valence-electron chi connectivity index (χ2n) is 8.50. The molecule has 3 nitrogen and oxygen atoms in total. The lowest BCUT2D eigenvalue weighted by Crippen LogP contribution is -2.34. The first kappa shape index (κ1) is 15.1. The molecule has 3 fully saturated rings. The summed E-state index contributed by atoms with van der Waals surface area (Å²) in [5.74, 6) is 2.84. The normalized spacial score (nSPS) is 46.5. The molecule has 0 heterocycles. The van der Waals surface area contributed by atoms with E-state index in [-0.39, 0.29) is 6.16 Å². The van der Waals surface area contributed by atoms with Gasteiger partial charge in [0.05, 0.1) is 6.16 Å². The highest BCUT2D eigenvalue weighted by atomic mass is 31.2. The Labute approximate surface area is 122 Å². The van der Waals surface area contributed by atoms with E-state index in [1.54, 1.807) is 0 Å². The van der Waals surface area contributed by atoms with Gasteiger partial charge in [0.15, 0.2) is 0 Å². The Kier molecular flexibility index (Phi) is 3.44. The first-order chi connectivity index (χ1) is 9.15. The van der Waals surface area contributed by atoms with Crippen LogP contribution < -0.4 is 0 Å². The summed E-state index contributed by atoms with van der Waals surface area (Å²) in [5, 5.41) is 0.